The molecule has 5 heteroatoms. The predicted molar refractivity (Wildman–Crippen MR) is 73.1 cm³/mol. The van der Waals surface area contributed by atoms with Crippen molar-refractivity contribution in [3.63, 3.8) is 0 Å². The van der Waals surface area contributed by atoms with Gasteiger partial charge in [0, 0.05) is 5.54 Å². The van der Waals surface area contributed by atoms with Gasteiger partial charge in [0.15, 0.2) is 0 Å². The highest BCUT2D eigenvalue weighted by Crippen LogP contribution is 2.19. The van der Waals surface area contributed by atoms with E-state index in [1.165, 1.54) is 0 Å². The van der Waals surface area contributed by atoms with E-state index in [4.69, 9.17) is 5.84 Å². The summed E-state index contributed by atoms with van der Waals surface area (Å²) in [4.78, 5) is 16.3. The highest BCUT2D eigenvalue weighted by atomic mass is 16.2. The number of nitrogens with zero attached hydrogens (tertiary/aromatic N) is 1. The number of carbonyl (C=O) groups excluding carboxylic acids is 1. The lowest BCUT2D eigenvalue weighted by atomic mass is 9.89. The van der Waals surface area contributed by atoms with E-state index >= 15 is 0 Å². The first kappa shape index (κ1) is 14.4. The highest BCUT2D eigenvalue weighted by molar-refractivity contribution is 5.93. The zero-order chi connectivity index (χ0) is 13.6. The number of rotatable bonds is 6. The SMILES string of the molecule is CCC(CC)(CC)NC(=O)c1cccc(NN)n1. The minimum Gasteiger partial charge on any atom is -0.345 e. The molecule has 1 amide bonds. The summed E-state index contributed by atoms with van der Waals surface area (Å²) in [5.41, 5.74) is 2.67. The minimum absolute atomic E-state index is 0.148. The Morgan fingerprint density at radius 1 is 1.28 bits per heavy atom. The van der Waals surface area contributed by atoms with E-state index in [9.17, 15) is 4.79 Å². The molecule has 1 rings (SSSR count). The summed E-state index contributed by atoms with van der Waals surface area (Å²) in [6.07, 6.45) is 2.71. The molecular weight excluding hydrogens is 228 g/mol. The number of hydrogen-bond donors (Lipinski definition) is 3. The predicted octanol–water partition coefficient (Wildman–Crippen LogP) is 2.07. The molecule has 0 fully saturated rings. The van der Waals surface area contributed by atoms with Gasteiger partial charge in [0.2, 0.25) is 0 Å². The first-order chi connectivity index (χ1) is 8.60. The molecule has 0 saturated heterocycles. The van der Waals surface area contributed by atoms with Crippen molar-refractivity contribution in [3.8, 4) is 0 Å². The van der Waals surface area contributed by atoms with Gasteiger partial charge in [0.25, 0.3) is 5.91 Å². The monoisotopic (exact) mass is 250 g/mol. The molecule has 0 aliphatic heterocycles. The van der Waals surface area contributed by atoms with Crippen LogP contribution < -0.4 is 16.6 Å². The first-order valence-electron chi connectivity index (χ1n) is 6.37. The molecule has 4 N–H and O–H groups in total. The van der Waals surface area contributed by atoms with Gasteiger partial charge in [0.05, 0.1) is 0 Å². The van der Waals surface area contributed by atoms with Crippen molar-refractivity contribution in [1.82, 2.24) is 10.3 Å². The van der Waals surface area contributed by atoms with Crippen LogP contribution in [0.15, 0.2) is 18.2 Å². The maximum atomic E-state index is 12.2. The molecule has 0 spiro atoms. The van der Waals surface area contributed by atoms with Crippen molar-refractivity contribution in [2.45, 2.75) is 45.6 Å². The molecule has 1 heterocycles. The molecule has 0 bridgehead atoms. The van der Waals surface area contributed by atoms with E-state index in [2.05, 4.69) is 36.5 Å². The average molecular weight is 250 g/mol. The third kappa shape index (κ3) is 3.20. The van der Waals surface area contributed by atoms with Crippen LogP contribution in [-0.2, 0) is 0 Å². The molecule has 1 aromatic rings. The van der Waals surface area contributed by atoms with Gasteiger partial charge in [-0.05, 0) is 31.4 Å². The number of pyridine rings is 1. The summed E-state index contributed by atoms with van der Waals surface area (Å²) in [5.74, 6) is 5.61. The largest absolute Gasteiger partial charge is 0.345 e. The van der Waals surface area contributed by atoms with Crippen LogP contribution >= 0.6 is 0 Å². The van der Waals surface area contributed by atoms with E-state index in [0.29, 0.717) is 11.5 Å². The Labute approximate surface area is 108 Å². The van der Waals surface area contributed by atoms with Gasteiger partial charge < -0.3 is 10.7 Å². The van der Waals surface area contributed by atoms with Crippen LogP contribution in [0.5, 0.6) is 0 Å². The van der Waals surface area contributed by atoms with Gasteiger partial charge in [-0.2, -0.15) is 0 Å². The fourth-order valence-electron chi connectivity index (χ4n) is 1.96. The molecule has 100 valence electrons. The zero-order valence-electron chi connectivity index (χ0n) is 11.3. The second-order valence-electron chi connectivity index (χ2n) is 4.35. The lowest BCUT2D eigenvalue weighted by Gasteiger charge is -2.31. The quantitative estimate of drug-likeness (QED) is 0.533. The van der Waals surface area contributed by atoms with Crippen LogP contribution in [0, 0.1) is 0 Å². The van der Waals surface area contributed by atoms with Gasteiger partial charge in [-0.3, -0.25) is 4.79 Å². The number of nitrogens with two attached hydrogens (primary N) is 1. The Bertz CT molecular complexity index is 393. The summed E-state index contributed by atoms with van der Waals surface area (Å²) < 4.78 is 0. The normalized spacial score (nSPS) is 11.1. The molecule has 0 unspecified atom stereocenters. The Hall–Kier alpha value is -1.62. The van der Waals surface area contributed by atoms with E-state index in [1.807, 2.05) is 0 Å². The number of hydrogen-bond acceptors (Lipinski definition) is 4. The standard InChI is InChI=1S/C13H22N4O/c1-4-13(5-2,6-3)16-12(18)10-8-7-9-11(15-10)17-14/h7-9H,4-6,14H2,1-3H3,(H,15,17)(H,16,18). The topological polar surface area (TPSA) is 80.0 Å². The fraction of sp³-hybridized carbons (Fsp3) is 0.538. The smallest absolute Gasteiger partial charge is 0.270 e. The number of anilines is 1. The van der Waals surface area contributed by atoms with Crippen LogP contribution in [0.4, 0.5) is 5.82 Å². The number of carbonyl (C=O) groups is 1. The second kappa shape index (κ2) is 6.35. The van der Waals surface area contributed by atoms with Crippen molar-refractivity contribution < 1.29 is 4.79 Å². The average Bonchev–Trinajstić information content (AvgIpc) is 2.44. The highest BCUT2D eigenvalue weighted by Gasteiger charge is 2.26. The molecule has 0 aromatic carbocycles. The van der Waals surface area contributed by atoms with Gasteiger partial charge >= 0.3 is 0 Å². The Morgan fingerprint density at radius 2 is 1.89 bits per heavy atom. The van der Waals surface area contributed by atoms with E-state index in [-0.39, 0.29) is 11.4 Å². The number of nitrogen functional groups attached to an aromatic ring is 1. The lowest BCUT2D eigenvalue weighted by Crippen LogP contribution is -2.47. The van der Waals surface area contributed by atoms with Crippen molar-refractivity contribution >= 4 is 11.7 Å². The van der Waals surface area contributed by atoms with Crippen molar-refractivity contribution in [3.05, 3.63) is 23.9 Å². The maximum Gasteiger partial charge on any atom is 0.270 e. The van der Waals surface area contributed by atoms with Crippen LogP contribution in [0.25, 0.3) is 0 Å². The molecule has 0 atom stereocenters. The van der Waals surface area contributed by atoms with Crippen molar-refractivity contribution in [2.75, 3.05) is 5.43 Å². The van der Waals surface area contributed by atoms with Gasteiger partial charge in [-0.1, -0.05) is 26.8 Å². The zero-order valence-corrected chi connectivity index (χ0v) is 11.3. The molecule has 1 aromatic heterocycles. The Kier molecular flexibility index (Phi) is 5.09. The van der Waals surface area contributed by atoms with Crippen LogP contribution in [0.2, 0.25) is 0 Å². The first-order valence-corrected chi connectivity index (χ1v) is 6.37. The molecule has 0 radical (unpaired) electrons. The summed E-state index contributed by atoms with van der Waals surface area (Å²) >= 11 is 0. The van der Waals surface area contributed by atoms with Crippen LogP contribution in [-0.4, -0.2) is 16.4 Å². The van der Waals surface area contributed by atoms with E-state index in [1.54, 1.807) is 18.2 Å². The Morgan fingerprint density at radius 3 is 2.39 bits per heavy atom. The number of aromatic nitrogens is 1. The summed E-state index contributed by atoms with van der Waals surface area (Å²) in [5, 5.41) is 3.08. The lowest BCUT2D eigenvalue weighted by molar-refractivity contribution is 0.0883. The summed E-state index contributed by atoms with van der Waals surface area (Å²) in [7, 11) is 0. The third-order valence-electron chi connectivity index (χ3n) is 3.54. The van der Waals surface area contributed by atoms with Crippen molar-refractivity contribution in [1.29, 1.82) is 0 Å². The van der Waals surface area contributed by atoms with Crippen LogP contribution in [0.1, 0.15) is 50.5 Å². The van der Waals surface area contributed by atoms with Crippen LogP contribution in [0.3, 0.4) is 0 Å². The number of nitrogens with one attached hydrogen (secondary N) is 2. The fourth-order valence-corrected chi connectivity index (χ4v) is 1.96. The van der Waals surface area contributed by atoms with Gasteiger partial charge in [-0.15, -0.1) is 0 Å². The van der Waals surface area contributed by atoms with E-state index in [0.717, 1.165) is 19.3 Å². The third-order valence-corrected chi connectivity index (χ3v) is 3.54. The number of amides is 1. The summed E-state index contributed by atoms with van der Waals surface area (Å²) in [6.45, 7) is 6.25. The van der Waals surface area contributed by atoms with Crippen molar-refractivity contribution in [2.24, 2.45) is 5.84 Å². The summed E-state index contributed by atoms with van der Waals surface area (Å²) in [6, 6.07) is 5.15. The molecule has 18 heavy (non-hydrogen) atoms. The molecular formula is C13H22N4O. The minimum atomic E-state index is -0.155. The van der Waals surface area contributed by atoms with E-state index < -0.39 is 0 Å². The molecule has 0 aliphatic carbocycles. The molecule has 5 nitrogen and oxygen atoms in total. The Balaban J connectivity index is 2.86. The second-order valence-corrected chi connectivity index (χ2v) is 4.35. The maximum absolute atomic E-state index is 12.2. The van der Waals surface area contributed by atoms with Gasteiger partial charge in [0.1, 0.15) is 11.5 Å². The molecule has 0 saturated carbocycles. The van der Waals surface area contributed by atoms with Gasteiger partial charge in [-0.25, -0.2) is 10.8 Å². The number of hydrazine groups is 1. The molecule has 0 aliphatic rings.